The number of nitrogens with zero attached hydrogens (tertiary/aromatic N) is 3. The van der Waals surface area contributed by atoms with Crippen molar-refractivity contribution in [2.24, 2.45) is 5.10 Å². The van der Waals surface area contributed by atoms with Crippen LogP contribution in [0, 0.1) is 10.1 Å². The first-order valence-electron chi connectivity index (χ1n) is 7.80. The lowest BCUT2D eigenvalue weighted by Crippen LogP contribution is -2.20. The van der Waals surface area contributed by atoms with E-state index in [-0.39, 0.29) is 38.0 Å². The highest BCUT2D eigenvalue weighted by Gasteiger charge is 2.19. The Kier molecular flexibility index (Phi) is 7.38. The lowest BCUT2D eigenvalue weighted by molar-refractivity contribution is -0.385. The third-order valence-corrected chi connectivity index (χ3v) is 4.44. The minimum absolute atomic E-state index is 0.0654. The van der Waals surface area contributed by atoms with E-state index >= 15 is 0 Å². The van der Waals surface area contributed by atoms with Crippen LogP contribution in [0.4, 0.5) is 11.4 Å². The predicted molar refractivity (Wildman–Crippen MR) is 108 cm³/mol. The van der Waals surface area contributed by atoms with Crippen molar-refractivity contribution in [2.75, 3.05) is 12.3 Å². The summed E-state index contributed by atoms with van der Waals surface area (Å²) in [7, 11) is 0. The highest BCUT2D eigenvalue weighted by molar-refractivity contribution is 6.46. The number of rotatable bonds is 7. The van der Waals surface area contributed by atoms with Crippen molar-refractivity contribution in [3.8, 4) is 5.75 Å². The number of hydrogen-bond acceptors (Lipinski definition) is 7. The molecule has 0 aliphatic heterocycles. The van der Waals surface area contributed by atoms with Gasteiger partial charge in [0.2, 0.25) is 0 Å². The van der Waals surface area contributed by atoms with Crippen molar-refractivity contribution in [3.05, 3.63) is 54.8 Å². The van der Waals surface area contributed by atoms with Crippen LogP contribution in [0.15, 0.2) is 23.3 Å². The summed E-state index contributed by atoms with van der Waals surface area (Å²) in [6.45, 7) is 2.24. The van der Waals surface area contributed by atoms with Crippen molar-refractivity contribution in [2.45, 2.75) is 13.3 Å². The molecule has 0 atom stereocenters. The van der Waals surface area contributed by atoms with Crippen LogP contribution in [0.1, 0.15) is 29.4 Å². The molecule has 0 aliphatic carbocycles. The lowest BCUT2D eigenvalue weighted by Gasteiger charge is -2.07. The van der Waals surface area contributed by atoms with Crippen LogP contribution in [0.3, 0.4) is 0 Å². The maximum Gasteiger partial charge on any atom is 0.311 e. The van der Waals surface area contributed by atoms with Gasteiger partial charge in [0.25, 0.3) is 5.91 Å². The second-order valence-corrected chi connectivity index (χ2v) is 6.44. The largest absolute Gasteiger partial charge is 0.487 e. The SMILES string of the molecule is CCCOc1ccc(/C=N/NC(=O)c2nc(Cl)c(Cl)c(N)c2Cl)cc1[N+](=O)[O-]. The average molecular weight is 447 g/mol. The van der Waals surface area contributed by atoms with Gasteiger partial charge in [-0.3, -0.25) is 14.9 Å². The molecular weight excluding hydrogens is 433 g/mol. The third-order valence-electron chi connectivity index (χ3n) is 3.31. The Hall–Kier alpha value is -2.62. The highest BCUT2D eigenvalue weighted by Crippen LogP contribution is 2.34. The number of hydrogen-bond donors (Lipinski definition) is 2. The monoisotopic (exact) mass is 445 g/mol. The molecule has 0 saturated carbocycles. The number of hydrazone groups is 1. The number of carbonyl (C=O) groups is 1. The first-order valence-corrected chi connectivity index (χ1v) is 8.94. The molecular formula is C16H14Cl3N5O4. The van der Waals surface area contributed by atoms with Crippen molar-refractivity contribution < 1.29 is 14.5 Å². The van der Waals surface area contributed by atoms with Crippen LogP contribution in [0.2, 0.25) is 15.2 Å². The fourth-order valence-corrected chi connectivity index (χ4v) is 2.59. The van der Waals surface area contributed by atoms with Gasteiger partial charge in [-0.15, -0.1) is 0 Å². The van der Waals surface area contributed by atoms with Crippen LogP contribution >= 0.6 is 34.8 Å². The zero-order chi connectivity index (χ0) is 20.8. The summed E-state index contributed by atoms with van der Waals surface area (Å²) < 4.78 is 5.33. The number of benzene rings is 1. The molecule has 1 amide bonds. The van der Waals surface area contributed by atoms with E-state index in [1.54, 1.807) is 6.07 Å². The minimum atomic E-state index is -0.788. The number of nitro benzene ring substituents is 1. The van der Waals surface area contributed by atoms with E-state index in [0.29, 0.717) is 18.6 Å². The van der Waals surface area contributed by atoms with Crippen molar-refractivity contribution in [1.82, 2.24) is 10.4 Å². The van der Waals surface area contributed by atoms with E-state index in [2.05, 4.69) is 15.5 Å². The number of halogens is 3. The van der Waals surface area contributed by atoms with E-state index in [4.69, 9.17) is 45.3 Å². The van der Waals surface area contributed by atoms with E-state index in [1.165, 1.54) is 18.3 Å². The van der Waals surface area contributed by atoms with Crippen LogP contribution in [-0.2, 0) is 0 Å². The molecule has 0 saturated heterocycles. The molecule has 148 valence electrons. The Balaban J connectivity index is 2.18. The number of carbonyl (C=O) groups excluding carboxylic acids is 1. The van der Waals surface area contributed by atoms with Gasteiger partial charge in [-0.1, -0.05) is 41.7 Å². The maximum atomic E-state index is 12.2. The normalized spacial score (nSPS) is 10.9. The number of ether oxygens (including phenoxy) is 1. The molecule has 0 fully saturated rings. The number of amides is 1. The number of aromatic nitrogens is 1. The van der Waals surface area contributed by atoms with Crippen LogP contribution < -0.4 is 15.9 Å². The molecule has 1 heterocycles. The fourth-order valence-electron chi connectivity index (χ4n) is 1.99. The van der Waals surface area contributed by atoms with Crippen LogP contribution in [0.5, 0.6) is 5.75 Å². The first kappa shape index (κ1) is 21.7. The van der Waals surface area contributed by atoms with Crippen molar-refractivity contribution in [3.63, 3.8) is 0 Å². The van der Waals surface area contributed by atoms with Gasteiger partial charge in [0, 0.05) is 11.6 Å². The Bertz CT molecular complexity index is 952. The lowest BCUT2D eigenvalue weighted by atomic mass is 10.2. The standard InChI is InChI=1S/C16H14Cl3N5O4/c1-2-5-28-10-4-3-8(6-9(10)24(26)27)7-21-23-16(25)14-11(17)13(20)12(18)15(19)22-14/h3-4,6-7H,2,5H2,1H3,(H2,20,22)(H,23,25)/b21-7+. The smallest absolute Gasteiger partial charge is 0.311 e. The second-order valence-electron chi connectivity index (χ2n) is 5.32. The molecule has 0 unspecified atom stereocenters. The fraction of sp³-hybridized carbons (Fsp3) is 0.188. The van der Waals surface area contributed by atoms with Gasteiger partial charge in [-0.25, -0.2) is 10.4 Å². The summed E-state index contributed by atoms with van der Waals surface area (Å²) in [6, 6.07) is 4.27. The Morgan fingerprint density at radius 2 is 2.11 bits per heavy atom. The Morgan fingerprint density at radius 1 is 1.39 bits per heavy atom. The summed E-state index contributed by atoms with van der Waals surface area (Å²) >= 11 is 17.5. The number of nitrogens with two attached hydrogens (primary N) is 1. The maximum absolute atomic E-state index is 12.2. The second kappa shape index (κ2) is 9.54. The summed E-state index contributed by atoms with van der Waals surface area (Å²) in [4.78, 5) is 26.5. The van der Waals surface area contributed by atoms with E-state index < -0.39 is 10.8 Å². The molecule has 0 bridgehead atoms. The third kappa shape index (κ3) is 5.00. The highest BCUT2D eigenvalue weighted by atomic mass is 35.5. The van der Waals surface area contributed by atoms with E-state index in [0.717, 1.165) is 0 Å². The Morgan fingerprint density at radius 3 is 2.75 bits per heavy atom. The van der Waals surface area contributed by atoms with E-state index in [1.807, 2.05) is 6.92 Å². The molecule has 0 aliphatic rings. The van der Waals surface area contributed by atoms with Gasteiger partial charge >= 0.3 is 5.69 Å². The van der Waals surface area contributed by atoms with Crippen molar-refractivity contribution in [1.29, 1.82) is 0 Å². The summed E-state index contributed by atoms with van der Waals surface area (Å²) in [6.07, 6.45) is 1.92. The number of nitrogen functional groups attached to an aromatic ring is 1. The summed E-state index contributed by atoms with van der Waals surface area (Å²) in [5.74, 6) is -0.640. The molecule has 2 aromatic rings. The summed E-state index contributed by atoms with van der Waals surface area (Å²) in [5, 5.41) is 14.5. The molecule has 2 rings (SSSR count). The van der Waals surface area contributed by atoms with Gasteiger partial charge < -0.3 is 10.5 Å². The molecule has 0 spiro atoms. The first-order chi connectivity index (χ1) is 13.3. The van der Waals surface area contributed by atoms with Crippen LogP contribution in [0.25, 0.3) is 0 Å². The minimum Gasteiger partial charge on any atom is -0.487 e. The van der Waals surface area contributed by atoms with E-state index in [9.17, 15) is 14.9 Å². The molecule has 28 heavy (non-hydrogen) atoms. The zero-order valence-electron chi connectivity index (χ0n) is 14.4. The van der Waals surface area contributed by atoms with Gasteiger partial charge in [0.1, 0.15) is 5.02 Å². The number of nitrogens with one attached hydrogen (secondary N) is 1. The molecule has 0 radical (unpaired) electrons. The zero-order valence-corrected chi connectivity index (χ0v) is 16.7. The molecule has 12 heteroatoms. The van der Waals surface area contributed by atoms with Gasteiger partial charge in [-0.05, 0) is 18.6 Å². The molecule has 9 nitrogen and oxygen atoms in total. The topological polar surface area (TPSA) is 133 Å². The molecule has 1 aromatic carbocycles. The van der Waals surface area contributed by atoms with Gasteiger partial charge in [-0.2, -0.15) is 5.10 Å². The quantitative estimate of drug-likeness (QED) is 0.285. The van der Waals surface area contributed by atoms with Crippen LogP contribution in [-0.4, -0.2) is 28.6 Å². The van der Waals surface area contributed by atoms with Gasteiger partial charge in [0.05, 0.1) is 28.5 Å². The number of pyridine rings is 1. The summed E-state index contributed by atoms with van der Waals surface area (Å²) in [5.41, 5.74) is 7.63. The Labute approximate surface area is 174 Å². The molecule has 1 aromatic heterocycles. The number of nitro groups is 1. The predicted octanol–water partition coefficient (Wildman–Crippen LogP) is 4.08. The van der Waals surface area contributed by atoms with Crippen molar-refractivity contribution >= 4 is 58.3 Å². The average Bonchev–Trinajstić information content (AvgIpc) is 2.67. The van der Waals surface area contributed by atoms with Gasteiger partial charge in [0.15, 0.2) is 16.6 Å². The number of anilines is 1. The molecule has 3 N–H and O–H groups in total.